The van der Waals surface area contributed by atoms with Gasteiger partial charge in [-0.05, 0) is 42.7 Å². The zero-order valence-electron chi connectivity index (χ0n) is 20.5. The van der Waals surface area contributed by atoms with Crippen LogP contribution in [0.3, 0.4) is 0 Å². The standard InChI is InChI=1S/C27H31Cl2N3O4S/c28-25-19(8-10-24(34)31-14-12-30(13-15-31)16-17-33)7-9-23(26(25)29)37-22-6-2-1-5-21(22)32-11-3-4-20(18-32)27(35)36/h1-2,5-10,20,33H,3-4,11-18H2,(H,35,36)/b10-8+. The second-order valence-electron chi connectivity index (χ2n) is 9.20. The number of aliphatic hydroxyl groups excluding tert-OH is 1. The summed E-state index contributed by atoms with van der Waals surface area (Å²) in [7, 11) is 0. The van der Waals surface area contributed by atoms with E-state index in [2.05, 4.69) is 9.80 Å². The predicted octanol–water partition coefficient (Wildman–Crippen LogP) is 4.60. The van der Waals surface area contributed by atoms with Crippen molar-refractivity contribution in [2.45, 2.75) is 22.6 Å². The molecule has 1 atom stereocenters. The van der Waals surface area contributed by atoms with Crippen molar-refractivity contribution >= 4 is 58.6 Å². The van der Waals surface area contributed by atoms with Crippen LogP contribution in [0.25, 0.3) is 6.08 Å². The van der Waals surface area contributed by atoms with Crippen LogP contribution < -0.4 is 4.90 Å². The number of hydrogen-bond acceptors (Lipinski definition) is 6. The first-order valence-electron chi connectivity index (χ1n) is 12.4. The quantitative estimate of drug-likeness (QED) is 0.454. The van der Waals surface area contributed by atoms with Crippen LogP contribution in [0.15, 0.2) is 52.3 Å². The SMILES string of the molecule is O=C(O)C1CCCN(c2ccccc2Sc2ccc(/C=C/C(=O)N3CCN(CCO)CC3)c(Cl)c2Cl)C1. The fraction of sp³-hybridized carbons (Fsp3) is 0.407. The third-order valence-electron chi connectivity index (χ3n) is 6.78. The maximum absolute atomic E-state index is 12.6. The summed E-state index contributed by atoms with van der Waals surface area (Å²) in [6.07, 6.45) is 4.75. The molecule has 2 aromatic rings. The van der Waals surface area contributed by atoms with E-state index in [1.54, 1.807) is 11.0 Å². The van der Waals surface area contributed by atoms with Crippen LogP contribution in [0.2, 0.25) is 10.0 Å². The van der Waals surface area contributed by atoms with Gasteiger partial charge in [0.2, 0.25) is 5.91 Å². The van der Waals surface area contributed by atoms with Crippen molar-refractivity contribution in [3.63, 3.8) is 0 Å². The highest BCUT2D eigenvalue weighted by Crippen LogP contribution is 2.43. The largest absolute Gasteiger partial charge is 0.481 e. The molecule has 2 heterocycles. The number of carbonyl (C=O) groups is 2. The molecule has 0 radical (unpaired) electrons. The zero-order valence-corrected chi connectivity index (χ0v) is 22.8. The molecule has 0 saturated carbocycles. The molecule has 4 rings (SSSR count). The molecule has 0 spiro atoms. The van der Waals surface area contributed by atoms with Crippen LogP contribution in [-0.2, 0) is 9.59 Å². The molecule has 2 aliphatic heterocycles. The van der Waals surface area contributed by atoms with Crippen molar-refractivity contribution in [2.75, 3.05) is 57.3 Å². The van der Waals surface area contributed by atoms with Crippen LogP contribution in [0.4, 0.5) is 5.69 Å². The van der Waals surface area contributed by atoms with E-state index >= 15 is 0 Å². The Morgan fingerprint density at radius 2 is 1.76 bits per heavy atom. The van der Waals surface area contributed by atoms with Gasteiger partial charge < -0.3 is 20.0 Å². The van der Waals surface area contributed by atoms with Gasteiger partial charge in [0.25, 0.3) is 0 Å². The van der Waals surface area contributed by atoms with Gasteiger partial charge in [0.15, 0.2) is 0 Å². The first-order valence-corrected chi connectivity index (χ1v) is 14.0. The summed E-state index contributed by atoms with van der Waals surface area (Å²) in [6, 6.07) is 11.7. The van der Waals surface area contributed by atoms with Crippen molar-refractivity contribution in [2.24, 2.45) is 5.92 Å². The van der Waals surface area contributed by atoms with E-state index in [1.807, 2.05) is 36.4 Å². The number of para-hydroxylation sites is 1. The molecular formula is C27H31Cl2N3O4S. The van der Waals surface area contributed by atoms with Crippen molar-refractivity contribution in [1.82, 2.24) is 9.80 Å². The molecule has 0 aliphatic carbocycles. The molecule has 7 nitrogen and oxygen atoms in total. The van der Waals surface area contributed by atoms with Crippen LogP contribution >= 0.6 is 35.0 Å². The second kappa shape index (κ2) is 13.0. The number of hydrogen-bond donors (Lipinski definition) is 2. The number of carboxylic acids is 1. The number of anilines is 1. The Bertz CT molecular complexity index is 1150. The molecule has 2 aliphatic rings. The fourth-order valence-electron chi connectivity index (χ4n) is 4.67. The topological polar surface area (TPSA) is 84.3 Å². The van der Waals surface area contributed by atoms with Crippen molar-refractivity contribution < 1.29 is 19.8 Å². The molecule has 2 aromatic carbocycles. The van der Waals surface area contributed by atoms with Gasteiger partial charge in [-0.2, -0.15) is 0 Å². The summed E-state index contributed by atoms with van der Waals surface area (Å²) >= 11 is 14.8. The average molecular weight is 565 g/mol. The maximum Gasteiger partial charge on any atom is 0.308 e. The number of carbonyl (C=O) groups excluding carboxylic acids is 1. The Morgan fingerprint density at radius 3 is 2.49 bits per heavy atom. The first-order chi connectivity index (χ1) is 17.9. The predicted molar refractivity (Wildman–Crippen MR) is 149 cm³/mol. The van der Waals surface area contributed by atoms with Crippen molar-refractivity contribution in [3.05, 3.63) is 58.1 Å². The number of aliphatic carboxylic acids is 1. The molecule has 1 amide bonds. The average Bonchev–Trinajstić information content (AvgIpc) is 2.91. The summed E-state index contributed by atoms with van der Waals surface area (Å²) < 4.78 is 0. The van der Waals surface area contributed by atoms with Crippen LogP contribution in [0.5, 0.6) is 0 Å². The smallest absolute Gasteiger partial charge is 0.308 e. The van der Waals surface area contributed by atoms with Gasteiger partial charge in [-0.15, -0.1) is 0 Å². The lowest BCUT2D eigenvalue weighted by Crippen LogP contribution is -2.48. The van der Waals surface area contributed by atoms with E-state index < -0.39 is 5.97 Å². The lowest BCUT2D eigenvalue weighted by molar-refractivity contribution is -0.142. The van der Waals surface area contributed by atoms with E-state index in [0.29, 0.717) is 48.2 Å². The summed E-state index contributed by atoms with van der Waals surface area (Å²) in [5.41, 5.74) is 1.65. The Balaban J connectivity index is 1.45. The Labute approximate surface area is 231 Å². The van der Waals surface area contributed by atoms with Crippen LogP contribution in [0, 0.1) is 5.92 Å². The number of piperazine rings is 1. The van der Waals surface area contributed by atoms with Gasteiger partial charge in [0.1, 0.15) is 0 Å². The number of carboxylic acid groups (broad SMARTS) is 1. The number of β-amino-alcohol motifs (C(OH)–C–C–N with tert-alkyl or cyclic N) is 1. The highest BCUT2D eigenvalue weighted by molar-refractivity contribution is 7.99. The molecule has 0 bridgehead atoms. The second-order valence-corrected chi connectivity index (χ2v) is 11.0. The Morgan fingerprint density at radius 1 is 1.00 bits per heavy atom. The number of aliphatic hydroxyl groups is 1. The molecular weight excluding hydrogens is 533 g/mol. The molecule has 37 heavy (non-hydrogen) atoms. The Kier molecular flexibility index (Phi) is 9.78. The number of halogens is 2. The van der Waals surface area contributed by atoms with Crippen LogP contribution in [0.1, 0.15) is 18.4 Å². The van der Waals surface area contributed by atoms with Gasteiger partial charge in [-0.3, -0.25) is 14.5 Å². The van der Waals surface area contributed by atoms with E-state index in [1.165, 1.54) is 17.8 Å². The number of nitrogens with zero attached hydrogens (tertiary/aromatic N) is 3. The summed E-state index contributed by atoms with van der Waals surface area (Å²) in [6.45, 7) is 4.77. The fourth-order valence-corrected chi connectivity index (χ4v) is 6.26. The highest BCUT2D eigenvalue weighted by Gasteiger charge is 2.27. The van der Waals surface area contributed by atoms with Gasteiger partial charge in [-0.1, -0.05) is 53.2 Å². The minimum absolute atomic E-state index is 0.0792. The highest BCUT2D eigenvalue weighted by atomic mass is 35.5. The number of piperidine rings is 1. The van der Waals surface area contributed by atoms with Gasteiger partial charge >= 0.3 is 5.97 Å². The number of rotatable bonds is 8. The van der Waals surface area contributed by atoms with Gasteiger partial charge in [0.05, 0.1) is 28.3 Å². The third kappa shape index (κ3) is 7.00. The van der Waals surface area contributed by atoms with E-state index in [0.717, 1.165) is 41.5 Å². The lowest BCUT2D eigenvalue weighted by atomic mass is 9.98. The normalized spacial score (nSPS) is 18.9. The minimum Gasteiger partial charge on any atom is -0.481 e. The van der Waals surface area contributed by atoms with Gasteiger partial charge in [0, 0.05) is 61.7 Å². The molecule has 1 unspecified atom stereocenters. The molecule has 10 heteroatoms. The number of amides is 1. The van der Waals surface area contributed by atoms with E-state index in [4.69, 9.17) is 28.3 Å². The van der Waals surface area contributed by atoms with E-state index in [-0.39, 0.29) is 18.4 Å². The van der Waals surface area contributed by atoms with Crippen molar-refractivity contribution in [3.8, 4) is 0 Å². The lowest BCUT2D eigenvalue weighted by Gasteiger charge is -2.33. The Hall–Kier alpha value is -2.23. The summed E-state index contributed by atoms with van der Waals surface area (Å²) in [4.78, 5) is 32.0. The molecule has 2 saturated heterocycles. The van der Waals surface area contributed by atoms with Crippen molar-refractivity contribution in [1.29, 1.82) is 0 Å². The first kappa shape index (κ1) is 27.8. The molecule has 0 aromatic heterocycles. The minimum atomic E-state index is -0.754. The van der Waals surface area contributed by atoms with Gasteiger partial charge in [-0.25, -0.2) is 0 Å². The molecule has 2 fully saturated rings. The summed E-state index contributed by atoms with van der Waals surface area (Å²) in [5, 5.41) is 19.3. The summed E-state index contributed by atoms with van der Waals surface area (Å²) in [5.74, 6) is -1.21. The molecule has 198 valence electrons. The third-order valence-corrected chi connectivity index (χ3v) is 8.91. The molecule has 2 N–H and O–H groups in total. The monoisotopic (exact) mass is 563 g/mol. The van der Waals surface area contributed by atoms with E-state index in [9.17, 15) is 14.7 Å². The zero-order chi connectivity index (χ0) is 26.4. The van der Waals surface area contributed by atoms with Crippen LogP contribution in [-0.4, -0.2) is 84.3 Å². The maximum atomic E-state index is 12.6. The number of benzene rings is 2.